The van der Waals surface area contributed by atoms with Gasteiger partial charge in [-0.05, 0) is 31.4 Å². The number of likely N-dealkylation sites (tertiary alicyclic amines) is 1. The number of rotatable bonds is 4. The highest BCUT2D eigenvalue weighted by Gasteiger charge is 2.22. The van der Waals surface area contributed by atoms with Gasteiger partial charge in [-0.25, -0.2) is 0 Å². The van der Waals surface area contributed by atoms with Gasteiger partial charge in [0.2, 0.25) is 5.91 Å². The molecule has 0 radical (unpaired) electrons. The van der Waals surface area contributed by atoms with Crippen molar-refractivity contribution in [3.8, 4) is 0 Å². The van der Waals surface area contributed by atoms with Crippen LogP contribution in [-0.2, 0) is 11.3 Å². The Bertz CT molecular complexity index is 465. The molecule has 0 aromatic carbocycles. The molecule has 0 N–H and O–H groups in total. The molecule has 2 aliphatic rings. The molecular weight excluding hydrogens is 276 g/mol. The predicted octanol–water partition coefficient (Wildman–Crippen LogP) is 1.21. The van der Waals surface area contributed by atoms with E-state index < -0.39 is 0 Å². The van der Waals surface area contributed by atoms with E-state index in [1.165, 1.54) is 19.3 Å². The van der Waals surface area contributed by atoms with Crippen molar-refractivity contribution in [3.05, 3.63) is 30.1 Å². The minimum absolute atomic E-state index is 0.317. The molecule has 3 heterocycles. The average Bonchev–Trinajstić information content (AvgIpc) is 2.58. The summed E-state index contributed by atoms with van der Waals surface area (Å²) in [6, 6.07) is 6.07. The molecule has 0 saturated carbocycles. The molecule has 1 amide bonds. The first-order valence-corrected chi connectivity index (χ1v) is 8.44. The van der Waals surface area contributed by atoms with Crippen LogP contribution in [0.5, 0.6) is 0 Å². The van der Waals surface area contributed by atoms with E-state index in [1.54, 1.807) is 0 Å². The third-order valence-corrected chi connectivity index (χ3v) is 4.64. The van der Waals surface area contributed by atoms with E-state index in [2.05, 4.69) is 20.9 Å². The number of carbonyl (C=O) groups excluding carboxylic acids is 1. The highest BCUT2D eigenvalue weighted by molar-refractivity contribution is 5.78. The van der Waals surface area contributed by atoms with Gasteiger partial charge in [0.15, 0.2) is 0 Å². The van der Waals surface area contributed by atoms with Crippen molar-refractivity contribution in [1.82, 2.24) is 19.7 Å². The summed E-state index contributed by atoms with van der Waals surface area (Å²) < 4.78 is 0. The third kappa shape index (κ3) is 4.27. The minimum Gasteiger partial charge on any atom is -0.342 e. The smallest absolute Gasteiger partial charge is 0.236 e. The second-order valence-corrected chi connectivity index (χ2v) is 6.31. The Morgan fingerprint density at radius 2 is 1.68 bits per heavy atom. The normalized spacial score (nSPS) is 21.0. The lowest BCUT2D eigenvalue weighted by Gasteiger charge is -2.35. The van der Waals surface area contributed by atoms with Crippen LogP contribution in [0.1, 0.15) is 25.0 Å². The van der Waals surface area contributed by atoms with Gasteiger partial charge in [0.25, 0.3) is 0 Å². The summed E-state index contributed by atoms with van der Waals surface area (Å²) in [5.74, 6) is 0.317. The van der Waals surface area contributed by atoms with Crippen molar-refractivity contribution < 1.29 is 4.79 Å². The number of amides is 1. The molecule has 3 rings (SSSR count). The quantitative estimate of drug-likeness (QED) is 0.838. The van der Waals surface area contributed by atoms with Gasteiger partial charge >= 0.3 is 0 Å². The van der Waals surface area contributed by atoms with E-state index in [4.69, 9.17) is 0 Å². The molecule has 1 aromatic rings. The molecule has 2 aliphatic heterocycles. The Hall–Kier alpha value is -1.46. The Morgan fingerprint density at radius 1 is 0.955 bits per heavy atom. The van der Waals surface area contributed by atoms with Crippen LogP contribution in [0.15, 0.2) is 24.4 Å². The molecule has 22 heavy (non-hydrogen) atoms. The van der Waals surface area contributed by atoms with Crippen molar-refractivity contribution in [2.24, 2.45) is 0 Å². The predicted molar refractivity (Wildman–Crippen MR) is 86.4 cm³/mol. The molecule has 0 spiro atoms. The maximum atomic E-state index is 12.3. The second kappa shape index (κ2) is 7.70. The van der Waals surface area contributed by atoms with E-state index >= 15 is 0 Å². The van der Waals surface area contributed by atoms with Gasteiger partial charge in [-0.1, -0.05) is 6.07 Å². The monoisotopic (exact) mass is 302 g/mol. The number of piperazine rings is 1. The lowest BCUT2D eigenvalue weighted by Crippen LogP contribution is -2.50. The van der Waals surface area contributed by atoms with E-state index in [1.807, 2.05) is 23.2 Å². The van der Waals surface area contributed by atoms with Gasteiger partial charge in [0.1, 0.15) is 0 Å². The molecule has 5 nitrogen and oxygen atoms in total. The summed E-state index contributed by atoms with van der Waals surface area (Å²) in [6.07, 6.45) is 5.46. The first-order chi connectivity index (χ1) is 10.8. The van der Waals surface area contributed by atoms with Crippen LogP contribution in [-0.4, -0.2) is 71.4 Å². The van der Waals surface area contributed by atoms with Crippen molar-refractivity contribution in [1.29, 1.82) is 0 Å². The van der Waals surface area contributed by atoms with Crippen LogP contribution < -0.4 is 0 Å². The molecule has 1 aromatic heterocycles. The molecular formula is C17H26N4O. The lowest BCUT2D eigenvalue weighted by molar-refractivity contribution is -0.133. The molecule has 0 aliphatic carbocycles. The van der Waals surface area contributed by atoms with Gasteiger partial charge < -0.3 is 4.90 Å². The van der Waals surface area contributed by atoms with E-state index in [9.17, 15) is 4.79 Å². The van der Waals surface area contributed by atoms with Crippen LogP contribution in [0.25, 0.3) is 0 Å². The van der Waals surface area contributed by atoms with Crippen molar-refractivity contribution in [3.63, 3.8) is 0 Å². The maximum absolute atomic E-state index is 12.3. The van der Waals surface area contributed by atoms with Gasteiger partial charge in [0, 0.05) is 52.0 Å². The zero-order valence-corrected chi connectivity index (χ0v) is 13.3. The third-order valence-electron chi connectivity index (χ3n) is 4.64. The summed E-state index contributed by atoms with van der Waals surface area (Å²) in [5, 5.41) is 0. The van der Waals surface area contributed by atoms with E-state index in [0.29, 0.717) is 12.5 Å². The summed E-state index contributed by atoms with van der Waals surface area (Å²) in [6.45, 7) is 7.41. The Balaban J connectivity index is 1.40. The Kier molecular flexibility index (Phi) is 5.40. The Labute approximate surface area is 132 Å². The molecule has 0 atom stereocenters. The van der Waals surface area contributed by atoms with Crippen LogP contribution in [0.2, 0.25) is 0 Å². The molecule has 2 saturated heterocycles. The zero-order valence-electron chi connectivity index (χ0n) is 13.3. The first kappa shape index (κ1) is 15.4. The summed E-state index contributed by atoms with van der Waals surface area (Å²) in [5.41, 5.74) is 1.13. The minimum atomic E-state index is 0.317. The number of nitrogens with zero attached hydrogens (tertiary/aromatic N) is 4. The molecule has 0 unspecified atom stereocenters. The first-order valence-electron chi connectivity index (χ1n) is 8.44. The lowest BCUT2D eigenvalue weighted by atomic mass is 10.1. The summed E-state index contributed by atoms with van der Waals surface area (Å²) in [4.78, 5) is 23.4. The molecule has 5 heteroatoms. The highest BCUT2D eigenvalue weighted by atomic mass is 16.2. The molecule has 120 valence electrons. The van der Waals surface area contributed by atoms with Gasteiger partial charge in [0.05, 0.1) is 12.2 Å². The fourth-order valence-electron chi connectivity index (χ4n) is 3.26. The van der Waals surface area contributed by atoms with Gasteiger partial charge in [-0.15, -0.1) is 0 Å². The highest BCUT2D eigenvalue weighted by Crippen LogP contribution is 2.11. The zero-order chi connectivity index (χ0) is 15.2. The van der Waals surface area contributed by atoms with Crippen molar-refractivity contribution in [2.45, 2.75) is 25.8 Å². The largest absolute Gasteiger partial charge is 0.342 e. The van der Waals surface area contributed by atoms with Crippen molar-refractivity contribution >= 4 is 5.91 Å². The summed E-state index contributed by atoms with van der Waals surface area (Å²) in [7, 11) is 0. The van der Waals surface area contributed by atoms with E-state index in [-0.39, 0.29) is 0 Å². The number of pyridine rings is 1. The number of aromatic nitrogens is 1. The van der Waals surface area contributed by atoms with E-state index in [0.717, 1.165) is 51.5 Å². The fraction of sp³-hybridized carbons (Fsp3) is 0.647. The maximum Gasteiger partial charge on any atom is 0.236 e. The van der Waals surface area contributed by atoms with Crippen LogP contribution >= 0.6 is 0 Å². The van der Waals surface area contributed by atoms with Gasteiger partial charge in [-0.2, -0.15) is 0 Å². The number of hydrogen-bond acceptors (Lipinski definition) is 4. The second-order valence-electron chi connectivity index (χ2n) is 6.31. The van der Waals surface area contributed by atoms with Crippen LogP contribution in [0, 0.1) is 0 Å². The SMILES string of the molecule is O=C(CN1CCN(Cc2ccccn2)CC1)N1CCCCC1. The topological polar surface area (TPSA) is 39.7 Å². The average molecular weight is 302 g/mol. The number of carbonyl (C=O) groups is 1. The van der Waals surface area contributed by atoms with Crippen molar-refractivity contribution in [2.75, 3.05) is 45.8 Å². The summed E-state index contributed by atoms with van der Waals surface area (Å²) >= 11 is 0. The van der Waals surface area contributed by atoms with Crippen LogP contribution in [0.3, 0.4) is 0 Å². The van der Waals surface area contributed by atoms with Crippen LogP contribution in [0.4, 0.5) is 0 Å². The number of hydrogen-bond donors (Lipinski definition) is 0. The standard InChI is InChI=1S/C17H26N4O/c22-17(21-8-4-1-5-9-21)15-20-12-10-19(11-13-20)14-16-6-2-3-7-18-16/h2-3,6-7H,1,4-5,8-15H2. The molecule has 2 fully saturated rings. The Morgan fingerprint density at radius 3 is 2.36 bits per heavy atom. The molecule has 0 bridgehead atoms. The van der Waals surface area contributed by atoms with Gasteiger partial charge in [-0.3, -0.25) is 19.6 Å². The number of piperidine rings is 1. The fourth-order valence-corrected chi connectivity index (χ4v) is 3.26.